The predicted octanol–water partition coefficient (Wildman–Crippen LogP) is 3.07. The van der Waals surface area contributed by atoms with Crippen molar-refractivity contribution in [3.05, 3.63) is 48.0 Å². The van der Waals surface area contributed by atoms with Gasteiger partial charge in [-0.25, -0.2) is 0 Å². The van der Waals surface area contributed by atoms with E-state index in [2.05, 4.69) is 30.8 Å². The first-order chi connectivity index (χ1) is 9.25. The summed E-state index contributed by atoms with van der Waals surface area (Å²) >= 11 is 0. The van der Waals surface area contributed by atoms with Crippen LogP contribution in [0.2, 0.25) is 0 Å². The van der Waals surface area contributed by atoms with Crippen LogP contribution in [0.3, 0.4) is 0 Å². The molecule has 2 nitrogen and oxygen atoms in total. The van der Waals surface area contributed by atoms with Gasteiger partial charge in [0.25, 0.3) is 0 Å². The van der Waals surface area contributed by atoms with Crippen LogP contribution < -0.4 is 0 Å². The Morgan fingerprint density at radius 1 is 1.26 bits per heavy atom. The summed E-state index contributed by atoms with van der Waals surface area (Å²) in [4.78, 5) is 13.9. The van der Waals surface area contributed by atoms with E-state index in [1.165, 1.54) is 42.9 Å². The third-order valence-electron chi connectivity index (χ3n) is 4.75. The number of nitrogens with zero attached hydrogens (tertiary/aromatic N) is 1. The number of carbonyl (C=O) groups is 1. The maximum absolute atomic E-state index is 11.9. The molecule has 1 heterocycles. The van der Waals surface area contributed by atoms with Crippen molar-refractivity contribution in [2.75, 3.05) is 13.1 Å². The van der Waals surface area contributed by atoms with E-state index in [4.69, 9.17) is 0 Å². The first-order valence-electron chi connectivity index (χ1n) is 7.25. The Morgan fingerprint density at radius 3 is 2.89 bits per heavy atom. The van der Waals surface area contributed by atoms with Crippen LogP contribution in [0.4, 0.5) is 0 Å². The molecule has 0 N–H and O–H groups in total. The van der Waals surface area contributed by atoms with Crippen LogP contribution in [0.25, 0.3) is 0 Å². The summed E-state index contributed by atoms with van der Waals surface area (Å²) in [6.07, 6.45) is 7.41. The summed E-state index contributed by atoms with van der Waals surface area (Å²) in [5.41, 5.74) is 3.18. The zero-order chi connectivity index (χ0) is 13.3. The summed E-state index contributed by atoms with van der Waals surface area (Å²) < 4.78 is 0. The quantitative estimate of drug-likeness (QED) is 0.706. The van der Waals surface area contributed by atoms with Gasteiger partial charge in [-0.05, 0) is 49.3 Å². The number of amides is 1. The Hall–Kier alpha value is -1.57. The second kappa shape index (κ2) is 4.84. The summed E-state index contributed by atoms with van der Waals surface area (Å²) in [6.45, 7) is 5.38. The molecule has 1 saturated heterocycles. The molecule has 0 bridgehead atoms. The number of hydrogen-bond acceptors (Lipinski definition) is 1. The van der Waals surface area contributed by atoms with Gasteiger partial charge in [-0.2, -0.15) is 0 Å². The van der Waals surface area contributed by atoms with Crippen LogP contribution in [0.15, 0.2) is 36.9 Å². The monoisotopic (exact) mass is 255 g/mol. The minimum atomic E-state index is 0.0853. The van der Waals surface area contributed by atoms with E-state index >= 15 is 0 Å². The van der Waals surface area contributed by atoms with Gasteiger partial charge in [0.2, 0.25) is 5.91 Å². The van der Waals surface area contributed by atoms with Crippen molar-refractivity contribution in [1.82, 2.24) is 4.90 Å². The maximum atomic E-state index is 11.9. The highest BCUT2D eigenvalue weighted by Crippen LogP contribution is 2.43. The van der Waals surface area contributed by atoms with Crippen LogP contribution in [-0.4, -0.2) is 23.9 Å². The van der Waals surface area contributed by atoms with Gasteiger partial charge in [-0.15, -0.1) is 0 Å². The Morgan fingerprint density at radius 2 is 2.05 bits per heavy atom. The summed E-state index contributed by atoms with van der Waals surface area (Å²) in [6, 6.07) is 8.80. The molecule has 3 rings (SSSR count). The van der Waals surface area contributed by atoms with Gasteiger partial charge in [-0.3, -0.25) is 4.79 Å². The molecule has 1 atom stereocenters. The van der Waals surface area contributed by atoms with Gasteiger partial charge in [0.05, 0.1) is 0 Å². The molecule has 1 aromatic carbocycles. The number of aryl methyl sites for hydroxylation is 1. The van der Waals surface area contributed by atoms with E-state index < -0.39 is 0 Å². The van der Waals surface area contributed by atoms with Crippen LogP contribution in [0.1, 0.15) is 36.8 Å². The predicted molar refractivity (Wildman–Crippen MR) is 77.1 cm³/mol. The molecule has 0 aromatic heterocycles. The third-order valence-corrected chi connectivity index (χ3v) is 4.75. The molecule has 1 spiro atoms. The number of carbonyl (C=O) groups excluding carboxylic acids is 1. The first-order valence-corrected chi connectivity index (χ1v) is 7.25. The number of hydrogen-bond donors (Lipinski definition) is 0. The van der Waals surface area contributed by atoms with Crippen LogP contribution in [0.5, 0.6) is 0 Å². The number of fused-ring (bicyclic) bond motifs is 2. The fourth-order valence-corrected chi connectivity index (χ4v) is 3.88. The van der Waals surface area contributed by atoms with E-state index in [-0.39, 0.29) is 11.3 Å². The molecule has 2 heteroatoms. The molecule has 100 valence electrons. The second-order valence-corrected chi connectivity index (χ2v) is 5.86. The zero-order valence-electron chi connectivity index (χ0n) is 11.4. The van der Waals surface area contributed by atoms with Gasteiger partial charge in [0, 0.05) is 18.5 Å². The van der Waals surface area contributed by atoms with E-state index in [1.807, 2.05) is 4.90 Å². The highest BCUT2D eigenvalue weighted by Gasteiger charge is 2.40. The van der Waals surface area contributed by atoms with E-state index in [0.717, 1.165) is 19.5 Å². The fraction of sp³-hybridized carbons (Fsp3) is 0.471. The lowest BCUT2D eigenvalue weighted by molar-refractivity contribution is -0.128. The van der Waals surface area contributed by atoms with Crippen molar-refractivity contribution in [3.8, 4) is 0 Å². The van der Waals surface area contributed by atoms with Gasteiger partial charge >= 0.3 is 0 Å². The van der Waals surface area contributed by atoms with Crippen molar-refractivity contribution < 1.29 is 4.79 Å². The number of rotatable bonds is 1. The number of benzene rings is 1. The SMILES string of the molecule is C=CC(=O)N1CCCC2(CCCc3ccccc32)C1. The van der Waals surface area contributed by atoms with Gasteiger partial charge in [0.15, 0.2) is 0 Å². The molecule has 1 fully saturated rings. The average Bonchev–Trinajstić information content (AvgIpc) is 2.47. The number of piperidine rings is 1. The molecular weight excluding hydrogens is 234 g/mol. The first kappa shape index (κ1) is 12.5. The minimum Gasteiger partial charge on any atom is -0.338 e. The lowest BCUT2D eigenvalue weighted by Crippen LogP contribution is -2.49. The highest BCUT2D eigenvalue weighted by molar-refractivity contribution is 5.87. The molecule has 2 aliphatic rings. The molecule has 0 radical (unpaired) electrons. The standard InChI is InChI=1S/C17H21NO/c1-2-16(19)18-12-6-11-17(13-18)10-5-8-14-7-3-4-9-15(14)17/h2-4,7,9H,1,5-6,8,10-13H2. The number of likely N-dealkylation sites (tertiary alicyclic amines) is 1. The normalized spacial score (nSPS) is 26.0. The van der Waals surface area contributed by atoms with E-state index in [1.54, 1.807) is 0 Å². The molecule has 1 aliphatic heterocycles. The Kier molecular flexibility index (Phi) is 3.17. The van der Waals surface area contributed by atoms with Crippen LogP contribution in [-0.2, 0) is 16.6 Å². The zero-order valence-corrected chi connectivity index (χ0v) is 11.4. The van der Waals surface area contributed by atoms with Crippen molar-refractivity contribution in [2.45, 2.75) is 37.5 Å². The third kappa shape index (κ3) is 2.09. The summed E-state index contributed by atoms with van der Waals surface area (Å²) in [5, 5.41) is 0. The van der Waals surface area contributed by atoms with Crippen molar-refractivity contribution in [2.24, 2.45) is 0 Å². The van der Waals surface area contributed by atoms with Gasteiger partial charge in [-0.1, -0.05) is 30.8 Å². The van der Waals surface area contributed by atoms with Crippen LogP contribution in [0, 0.1) is 0 Å². The molecule has 1 aliphatic carbocycles. The van der Waals surface area contributed by atoms with Gasteiger partial charge in [0.1, 0.15) is 0 Å². The van der Waals surface area contributed by atoms with E-state index in [0.29, 0.717) is 0 Å². The Balaban J connectivity index is 1.95. The molecule has 19 heavy (non-hydrogen) atoms. The van der Waals surface area contributed by atoms with Gasteiger partial charge < -0.3 is 4.90 Å². The van der Waals surface area contributed by atoms with E-state index in [9.17, 15) is 4.79 Å². The minimum absolute atomic E-state index is 0.0853. The van der Waals surface area contributed by atoms with Crippen molar-refractivity contribution in [1.29, 1.82) is 0 Å². The Bertz CT molecular complexity index is 508. The smallest absolute Gasteiger partial charge is 0.245 e. The summed E-state index contributed by atoms with van der Waals surface area (Å²) in [7, 11) is 0. The molecule has 1 aromatic rings. The maximum Gasteiger partial charge on any atom is 0.245 e. The second-order valence-electron chi connectivity index (χ2n) is 5.86. The summed E-state index contributed by atoms with van der Waals surface area (Å²) in [5.74, 6) is 0.0853. The average molecular weight is 255 g/mol. The fourth-order valence-electron chi connectivity index (χ4n) is 3.88. The highest BCUT2D eigenvalue weighted by atomic mass is 16.2. The topological polar surface area (TPSA) is 20.3 Å². The molecule has 0 saturated carbocycles. The molecule has 1 amide bonds. The lowest BCUT2D eigenvalue weighted by Gasteiger charge is -2.46. The van der Waals surface area contributed by atoms with Crippen LogP contribution >= 0.6 is 0 Å². The Labute approximate surface area is 115 Å². The van der Waals surface area contributed by atoms with Crippen molar-refractivity contribution >= 4 is 5.91 Å². The van der Waals surface area contributed by atoms with Crippen molar-refractivity contribution in [3.63, 3.8) is 0 Å². The molecular formula is C17H21NO. The lowest BCUT2D eigenvalue weighted by atomic mass is 9.66. The molecule has 1 unspecified atom stereocenters. The largest absolute Gasteiger partial charge is 0.338 e.